The fraction of sp³-hybridized carbons (Fsp3) is 0.600. The molecule has 0 heterocycles. The molecule has 0 saturated heterocycles. The molecular weight excluding hydrogens is 246 g/mol. The van der Waals surface area contributed by atoms with E-state index in [-0.39, 0.29) is 0 Å². The van der Waals surface area contributed by atoms with Crippen LogP contribution in [-0.2, 0) is 0 Å². The molecule has 0 aromatic heterocycles. The summed E-state index contributed by atoms with van der Waals surface area (Å²) < 4.78 is 5.85. The molecule has 0 aliphatic carbocycles. The topological polar surface area (TPSA) is 21.3 Å². The van der Waals surface area contributed by atoms with E-state index in [4.69, 9.17) is 16.3 Å². The molecule has 1 aromatic carbocycles. The number of hydrogen-bond acceptors (Lipinski definition) is 2. The van der Waals surface area contributed by atoms with Crippen molar-refractivity contribution >= 4 is 11.6 Å². The molecule has 0 unspecified atom stereocenters. The number of aryl methyl sites for hydroxylation is 2. The van der Waals surface area contributed by atoms with Gasteiger partial charge in [0.15, 0.2) is 0 Å². The third kappa shape index (κ3) is 5.28. The Balaban J connectivity index is 2.27. The molecule has 0 atom stereocenters. The molecule has 1 aromatic rings. The first kappa shape index (κ1) is 15.3. The van der Waals surface area contributed by atoms with Crippen molar-refractivity contribution in [2.24, 2.45) is 0 Å². The number of ether oxygens (including phenoxy) is 1. The number of benzene rings is 1. The summed E-state index contributed by atoms with van der Waals surface area (Å²) in [5, 5.41) is 4.11. The average Bonchev–Trinajstić information content (AvgIpc) is 2.30. The van der Waals surface area contributed by atoms with Crippen LogP contribution in [0.4, 0.5) is 0 Å². The third-order valence-electron chi connectivity index (χ3n) is 2.92. The van der Waals surface area contributed by atoms with Gasteiger partial charge in [-0.3, -0.25) is 0 Å². The summed E-state index contributed by atoms with van der Waals surface area (Å²) in [6.07, 6.45) is 3.53. The largest absolute Gasteiger partial charge is 0.493 e. The molecule has 1 rings (SSSR count). The summed E-state index contributed by atoms with van der Waals surface area (Å²) in [4.78, 5) is 0. The minimum Gasteiger partial charge on any atom is -0.493 e. The third-order valence-corrected chi connectivity index (χ3v) is 3.14. The van der Waals surface area contributed by atoms with Crippen LogP contribution in [0.15, 0.2) is 12.1 Å². The molecule has 0 aliphatic rings. The van der Waals surface area contributed by atoms with Crippen LogP contribution in [0, 0.1) is 13.8 Å². The first-order chi connectivity index (χ1) is 8.65. The Morgan fingerprint density at radius 2 is 1.78 bits per heavy atom. The van der Waals surface area contributed by atoms with Crippen LogP contribution in [0.5, 0.6) is 5.75 Å². The Hall–Kier alpha value is -0.730. The van der Waals surface area contributed by atoms with E-state index < -0.39 is 0 Å². The molecule has 0 fully saturated rings. The number of hydrogen-bond donors (Lipinski definition) is 1. The molecule has 1 N–H and O–H groups in total. The van der Waals surface area contributed by atoms with Gasteiger partial charge in [0.1, 0.15) is 5.75 Å². The molecular formula is C15H24ClNO. The maximum atomic E-state index is 5.99. The molecule has 18 heavy (non-hydrogen) atoms. The van der Waals surface area contributed by atoms with Crippen LogP contribution in [0.25, 0.3) is 0 Å². The van der Waals surface area contributed by atoms with Gasteiger partial charge < -0.3 is 10.1 Å². The van der Waals surface area contributed by atoms with Gasteiger partial charge in [-0.2, -0.15) is 0 Å². The van der Waals surface area contributed by atoms with E-state index in [1.807, 2.05) is 26.0 Å². The Labute approximate surface area is 116 Å². The maximum Gasteiger partial charge on any atom is 0.125 e. The van der Waals surface area contributed by atoms with Crippen LogP contribution in [-0.4, -0.2) is 19.7 Å². The van der Waals surface area contributed by atoms with E-state index in [0.29, 0.717) is 0 Å². The predicted molar refractivity (Wildman–Crippen MR) is 78.8 cm³/mol. The van der Waals surface area contributed by atoms with Crippen LogP contribution in [0.3, 0.4) is 0 Å². The van der Waals surface area contributed by atoms with Gasteiger partial charge in [-0.15, -0.1) is 0 Å². The summed E-state index contributed by atoms with van der Waals surface area (Å²) in [5.74, 6) is 0.992. The Kier molecular flexibility index (Phi) is 7.14. The zero-order chi connectivity index (χ0) is 13.4. The molecule has 0 saturated carbocycles. The highest BCUT2D eigenvalue weighted by Crippen LogP contribution is 2.27. The van der Waals surface area contributed by atoms with Crippen molar-refractivity contribution in [2.75, 3.05) is 19.7 Å². The van der Waals surface area contributed by atoms with Gasteiger partial charge in [-0.25, -0.2) is 0 Å². The van der Waals surface area contributed by atoms with Crippen molar-refractivity contribution in [3.63, 3.8) is 0 Å². The van der Waals surface area contributed by atoms with Gasteiger partial charge in [-0.1, -0.05) is 18.5 Å². The van der Waals surface area contributed by atoms with E-state index in [9.17, 15) is 0 Å². The molecule has 0 radical (unpaired) electrons. The number of nitrogens with one attached hydrogen (secondary N) is 1. The fourth-order valence-electron chi connectivity index (χ4n) is 2.00. The number of unbranched alkanes of at least 4 members (excludes halogenated alkanes) is 2. The fourth-order valence-corrected chi connectivity index (χ4v) is 2.33. The summed E-state index contributed by atoms with van der Waals surface area (Å²) in [6, 6.07) is 3.91. The molecule has 2 nitrogen and oxygen atoms in total. The first-order valence-corrected chi connectivity index (χ1v) is 7.13. The molecule has 0 aliphatic heterocycles. The number of rotatable bonds is 8. The summed E-state index contributed by atoms with van der Waals surface area (Å²) in [7, 11) is 0. The first-order valence-electron chi connectivity index (χ1n) is 6.75. The van der Waals surface area contributed by atoms with E-state index in [0.717, 1.165) is 48.0 Å². The van der Waals surface area contributed by atoms with Gasteiger partial charge in [0.05, 0.1) is 6.61 Å². The lowest BCUT2D eigenvalue weighted by Crippen LogP contribution is -2.14. The second-order valence-corrected chi connectivity index (χ2v) is 5.07. The molecule has 102 valence electrons. The number of halogens is 1. The Morgan fingerprint density at radius 3 is 2.39 bits per heavy atom. The highest BCUT2D eigenvalue weighted by molar-refractivity contribution is 6.30. The second kappa shape index (κ2) is 8.39. The minimum atomic E-state index is 0.781. The van der Waals surface area contributed by atoms with E-state index >= 15 is 0 Å². The van der Waals surface area contributed by atoms with Crippen molar-refractivity contribution in [3.05, 3.63) is 28.3 Å². The van der Waals surface area contributed by atoms with Gasteiger partial charge in [0, 0.05) is 5.02 Å². The monoisotopic (exact) mass is 269 g/mol. The lowest BCUT2D eigenvalue weighted by molar-refractivity contribution is 0.301. The van der Waals surface area contributed by atoms with Crippen molar-refractivity contribution in [2.45, 2.75) is 40.0 Å². The smallest absolute Gasteiger partial charge is 0.125 e. The average molecular weight is 270 g/mol. The van der Waals surface area contributed by atoms with Gasteiger partial charge in [0.2, 0.25) is 0 Å². The lowest BCUT2D eigenvalue weighted by Gasteiger charge is -2.12. The minimum absolute atomic E-state index is 0.781. The standard InChI is InChI=1S/C15H24ClNO/c1-4-17-8-6-5-7-9-18-15-12(2)10-14(16)11-13(15)3/h10-11,17H,4-9H2,1-3H3. The van der Waals surface area contributed by atoms with Crippen molar-refractivity contribution in [1.29, 1.82) is 0 Å². The molecule has 3 heteroatoms. The van der Waals surface area contributed by atoms with Crippen molar-refractivity contribution < 1.29 is 4.74 Å². The van der Waals surface area contributed by atoms with Crippen molar-refractivity contribution in [3.8, 4) is 5.75 Å². The quantitative estimate of drug-likeness (QED) is 0.717. The molecule has 0 amide bonds. The highest BCUT2D eigenvalue weighted by Gasteiger charge is 2.05. The van der Waals surface area contributed by atoms with Gasteiger partial charge >= 0.3 is 0 Å². The van der Waals surface area contributed by atoms with Crippen LogP contribution in [0.1, 0.15) is 37.3 Å². The normalized spacial score (nSPS) is 10.7. The summed E-state index contributed by atoms with van der Waals surface area (Å²) >= 11 is 5.99. The summed E-state index contributed by atoms with van der Waals surface area (Å²) in [5.41, 5.74) is 2.24. The van der Waals surface area contributed by atoms with Crippen LogP contribution in [0.2, 0.25) is 5.02 Å². The molecule has 0 bridgehead atoms. The molecule has 0 spiro atoms. The lowest BCUT2D eigenvalue weighted by atomic mass is 10.1. The Bertz CT molecular complexity index is 343. The van der Waals surface area contributed by atoms with Crippen LogP contribution < -0.4 is 10.1 Å². The second-order valence-electron chi connectivity index (χ2n) is 4.63. The van der Waals surface area contributed by atoms with E-state index in [2.05, 4.69) is 12.2 Å². The maximum absolute atomic E-state index is 5.99. The SMILES string of the molecule is CCNCCCCCOc1c(C)cc(Cl)cc1C. The van der Waals surface area contributed by atoms with Gasteiger partial charge in [-0.05, 0) is 69.5 Å². The highest BCUT2D eigenvalue weighted by atomic mass is 35.5. The van der Waals surface area contributed by atoms with E-state index in [1.165, 1.54) is 12.8 Å². The zero-order valence-corrected chi connectivity index (χ0v) is 12.4. The predicted octanol–water partition coefficient (Wildman–Crippen LogP) is 4.12. The van der Waals surface area contributed by atoms with Gasteiger partial charge in [0.25, 0.3) is 0 Å². The van der Waals surface area contributed by atoms with Crippen molar-refractivity contribution in [1.82, 2.24) is 5.32 Å². The van der Waals surface area contributed by atoms with Crippen LogP contribution >= 0.6 is 11.6 Å². The summed E-state index contributed by atoms with van der Waals surface area (Å²) in [6.45, 7) is 9.17. The zero-order valence-electron chi connectivity index (χ0n) is 11.7. The Morgan fingerprint density at radius 1 is 1.11 bits per heavy atom. The van der Waals surface area contributed by atoms with E-state index in [1.54, 1.807) is 0 Å².